The average Bonchev–Trinajstić information content (AvgIpc) is 2.52. The third-order valence-corrected chi connectivity index (χ3v) is 2.51. The highest BCUT2D eigenvalue weighted by Gasteiger charge is 2.07. The van der Waals surface area contributed by atoms with Crippen LogP contribution in [0.1, 0.15) is 15.9 Å². The third kappa shape index (κ3) is 4.11. The first-order valence-corrected chi connectivity index (χ1v) is 6.08. The summed E-state index contributed by atoms with van der Waals surface area (Å²) >= 11 is 0. The lowest BCUT2D eigenvalue weighted by Crippen LogP contribution is -2.12. The number of ketones is 1. The van der Waals surface area contributed by atoms with E-state index in [0.29, 0.717) is 5.56 Å². The highest BCUT2D eigenvalue weighted by atomic mass is 16.5. The van der Waals surface area contributed by atoms with Crippen molar-refractivity contribution in [1.29, 1.82) is 0 Å². The molecule has 20 heavy (non-hydrogen) atoms. The van der Waals surface area contributed by atoms with Crippen molar-refractivity contribution in [3.05, 3.63) is 71.8 Å². The van der Waals surface area contributed by atoms with Crippen LogP contribution in [0, 0.1) is 11.8 Å². The first kappa shape index (κ1) is 13.6. The second-order valence-corrected chi connectivity index (χ2v) is 3.98. The second-order valence-electron chi connectivity index (χ2n) is 3.98. The number of hydrogen-bond acceptors (Lipinski definition) is 3. The van der Waals surface area contributed by atoms with Gasteiger partial charge in [-0.05, 0) is 12.1 Å². The van der Waals surface area contributed by atoms with Crippen molar-refractivity contribution < 1.29 is 14.3 Å². The first-order valence-electron chi connectivity index (χ1n) is 6.08. The summed E-state index contributed by atoms with van der Waals surface area (Å²) in [5, 5.41) is 0. The molecule has 0 bridgehead atoms. The number of esters is 1. The van der Waals surface area contributed by atoms with E-state index in [9.17, 15) is 9.59 Å². The number of rotatable bonds is 3. The molecule has 0 aromatic heterocycles. The van der Waals surface area contributed by atoms with Crippen molar-refractivity contribution in [2.75, 3.05) is 6.61 Å². The van der Waals surface area contributed by atoms with Crippen molar-refractivity contribution in [3.8, 4) is 11.8 Å². The van der Waals surface area contributed by atoms with E-state index in [1.165, 1.54) is 0 Å². The number of Topliss-reactive ketones (excluding diaryl/α,β-unsaturated/α-hetero) is 1. The SMILES string of the molecule is O=C(C#Cc1ccccc1)OCC(=O)c1ccccc1. The van der Waals surface area contributed by atoms with E-state index < -0.39 is 5.97 Å². The van der Waals surface area contributed by atoms with Gasteiger partial charge in [-0.1, -0.05) is 54.5 Å². The topological polar surface area (TPSA) is 43.4 Å². The van der Waals surface area contributed by atoms with Crippen LogP contribution in [-0.2, 0) is 9.53 Å². The number of ether oxygens (including phenoxy) is 1. The number of carbonyl (C=O) groups is 2. The Balaban J connectivity index is 1.87. The van der Waals surface area contributed by atoms with Crippen LogP contribution < -0.4 is 0 Å². The van der Waals surface area contributed by atoms with Crippen LogP contribution >= 0.6 is 0 Å². The van der Waals surface area contributed by atoms with Gasteiger partial charge in [-0.3, -0.25) is 4.79 Å². The van der Waals surface area contributed by atoms with Gasteiger partial charge in [-0.25, -0.2) is 4.79 Å². The van der Waals surface area contributed by atoms with Crippen LogP contribution in [0.5, 0.6) is 0 Å². The molecule has 0 fully saturated rings. The normalized spacial score (nSPS) is 9.20. The van der Waals surface area contributed by atoms with Crippen molar-refractivity contribution >= 4 is 11.8 Å². The minimum Gasteiger partial charge on any atom is -0.448 e. The van der Waals surface area contributed by atoms with Crippen LogP contribution in [0.3, 0.4) is 0 Å². The molecule has 0 unspecified atom stereocenters. The monoisotopic (exact) mass is 264 g/mol. The van der Waals surface area contributed by atoms with E-state index in [1.807, 2.05) is 24.3 Å². The standard InChI is InChI=1S/C17H12O3/c18-16(15-9-5-2-6-10-15)13-20-17(19)12-11-14-7-3-1-4-8-14/h1-10H,13H2. The molecule has 0 aliphatic carbocycles. The largest absolute Gasteiger partial charge is 0.448 e. The second kappa shape index (κ2) is 6.91. The Morgan fingerprint density at radius 1 is 0.900 bits per heavy atom. The van der Waals surface area contributed by atoms with E-state index in [-0.39, 0.29) is 12.4 Å². The zero-order chi connectivity index (χ0) is 14.2. The maximum Gasteiger partial charge on any atom is 0.385 e. The van der Waals surface area contributed by atoms with Crippen LogP contribution in [-0.4, -0.2) is 18.4 Å². The van der Waals surface area contributed by atoms with Gasteiger partial charge in [0.2, 0.25) is 0 Å². The lowest BCUT2D eigenvalue weighted by Gasteiger charge is -2.00. The summed E-state index contributed by atoms with van der Waals surface area (Å²) in [5.41, 5.74) is 1.23. The highest BCUT2D eigenvalue weighted by molar-refractivity contribution is 5.99. The molecule has 98 valence electrons. The zero-order valence-electron chi connectivity index (χ0n) is 10.7. The molecule has 0 heterocycles. The minimum atomic E-state index is -0.710. The molecule has 2 aromatic rings. The van der Waals surface area contributed by atoms with Gasteiger partial charge in [0.15, 0.2) is 12.4 Å². The highest BCUT2D eigenvalue weighted by Crippen LogP contribution is 2.00. The molecule has 2 rings (SSSR count). The van der Waals surface area contributed by atoms with Gasteiger partial charge >= 0.3 is 5.97 Å². The molecule has 0 aliphatic rings. The molecular formula is C17H12O3. The van der Waals surface area contributed by atoms with E-state index >= 15 is 0 Å². The maximum absolute atomic E-state index is 11.7. The van der Waals surface area contributed by atoms with Crippen molar-refractivity contribution in [1.82, 2.24) is 0 Å². The minimum absolute atomic E-state index is 0.250. The first-order chi connectivity index (χ1) is 9.75. The molecule has 0 aliphatic heterocycles. The molecule has 3 nitrogen and oxygen atoms in total. The Labute approximate surface area is 117 Å². The summed E-state index contributed by atoms with van der Waals surface area (Å²) < 4.78 is 4.82. The predicted molar refractivity (Wildman–Crippen MR) is 75.1 cm³/mol. The van der Waals surface area contributed by atoms with Gasteiger partial charge in [-0.2, -0.15) is 0 Å². The van der Waals surface area contributed by atoms with Gasteiger partial charge in [0.05, 0.1) is 0 Å². The fourth-order valence-electron chi connectivity index (χ4n) is 1.52. The lowest BCUT2D eigenvalue weighted by molar-refractivity contribution is -0.135. The lowest BCUT2D eigenvalue weighted by atomic mass is 10.1. The predicted octanol–water partition coefficient (Wildman–Crippen LogP) is 2.46. The van der Waals surface area contributed by atoms with Gasteiger partial charge in [0.25, 0.3) is 0 Å². The van der Waals surface area contributed by atoms with E-state index in [1.54, 1.807) is 36.4 Å². The van der Waals surface area contributed by atoms with Gasteiger partial charge in [-0.15, -0.1) is 0 Å². The molecule has 0 saturated carbocycles. The molecule has 0 spiro atoms. The Morgan fingerprint density at radius 3 is 2.15 bits per heavy atom. The van der Waals surface area contributed by atoms with Crippen LogP contribution in [0.15, 0.2) is 60.7 Å². The van der Waals surface area contributed by atoms with Crippen molar-refractivity contribution in [3.63, 3.8) is 0 Å². The molecule has 0 atom stereocenters. The molecule has 0 radical (unpaired) electrons. The third-order valence-electron chi connectivity index (χ3n) is 2.51. The fourth-order valence-corrected chi connectivity index (χ4v) is 1.52. The summed E-state index contributed by atoms with van der Waals surface area (Å²) in [4.78, 5) is 23.1. The van der Waals surface area contributed by atoms with Crippen LogP contribution in [0.2, 0.25) is 0 Å². The number of hydrogen-bond donors (Lipinski definition) is 0. The van der Waals surface area contributed by atoms with Crippen molar-refractivity contribution in [2.24, 2.45) is 0 Å². The number of carbonyl (C=O) groups excluding carboxylic acids is 2. The van der Waals surface area contributed by atoms with Gasteiger partial charge in [0.1, 0.15) is 0 Å². The van der Waals surface area contributed by atoms with Gasteiger partial charge in [0, 0.05) is 17.0 Å². The van der Waals surface area contributed by atoms with E-state index in [2.05, 4.69) is 11.8 Å². The number of benzene rings is 2. The zero-order valence-corrected chi connectivity index (χ0v) is 10.7. The van der Waals surface area contributed by atoms with Crippen molar-refractivity contribution in [2.45, 2.75) is 0 Å². The molecule has 0 amide bonds. The summed E-state index contributed by atoms with van der Waals surface area (Å²) in [6.45, 7) is -0.299. The Morgan fingerprint density at radius 2 is 1.50 bits per heavy atom. The molecule has 0 N–H and O–H groups in total. The maximum atomic E-state index is 11.7. The average molecular weight is 264 g/mol. The fraction of sp³-hybridized carbons (Fsp3) is 0.0588. The summed E-state index contributed by atoms with van der Waals surface area (Å²) in [6.07, 6.45) is 0. The Bertz CT molecular complexity index is 649. The Hall–Kier alpha value is -2.86. The van der Waals surface area contributed by atoms with Crippen LogP contribution in [0.25, 0.3) is 0 Å². The van der Waals surface area contributed by atoms with E-state index in [0.717, 1.165) is 5.56 Å². The summed E-state index contributed by atoms with van der Waals surface area (Å²) in [6, 6.07) is 17.8. The smallest absolute Gasteiger partial charge is 0.385 e. The Kier molecular flexibility index (Phi) is 4.69. The molecule has 3 heteroatoms. The van der Waals surface area contributed by atoms with E-state index in [4.69, 9.17) is 4.74 Å². The molecule has 0 saturated heterocycles. The van der Waals surface area contributed by atoms with Gasteiger partial charge < -0.3 is 4.74 Å². The summed E-state index contributed by atoms with van der Waals surface area (Å²) in [5.74, 6) is 4.05. The summed E-state index contributed by atoms with van der Waals surface area (Å²) in [7, 11) is 0. The molecular weight excluding hydrogens is 252 g/mol. The van der Waals surface area contributed by atoms with Crippen LogP contribution in [0.4, 0.5) is 0 Å². The quantitative estimate of drug-likeness (QED) is 0.486. The molecule has 2 aromatic carbocycles.